The summed E-state index contributed by atoms with van der Waals surface area (Å²) in [5.41, 5.74) is 0.918. The van der Waals surface area contributed by atoms with Crippen molar-refractivity contribution in [3.8, 4) is 5.88 Å². The van der Waals surface area contributed by atoms with E-state index in [9.17, 15) is 9.18 Å². The fraction of sp³-hybridized carbons (Fsp3) is 0.478. The van der Waals surface area contributed by atoms with Gasteiger partial charge in [-0.3, -0.25) is 4.79 Å². The summed E-state index contributed by atoms with van der Waals surface area (Å²) in [7, 11) is 0. The number of pyridine rings is 1. The van der Waals surface area contributed by atoms with Crippen molar-refractivity contribution in [1.29, 1.82) is 0 Å². The number of amides is 1. The Morgan fingerprint density at radius 1 is 1.14 bits per heavy atom. The van der Waals surface area contributed by atoms with E-state index in [1.165, 1.54) is 6.07 Å². The van der Waals surface area contributed by atoms with Crippen LogP contribution in [0.4, 0.5) is 10.1 Å². The first-order valence-corrected chi connectivity index (χ1v) is 10.3. The molecule has 6 heteroatoms. The summed E-state index contributed by atoms with van der Waals surface area (Å²) in [6.07, 6.45) is 4.17. The Bertz CT molecular complexity index is 835. The number of halogens is 1. The Kier molecular flexibility index (Phi) is 7.20. The number of carbonyl (C=O) groups is 1. The van der Waals surface area contributed by atoms with E-state index >= 15 is 0 Å². The number of ether oxygens (including phenoxy) is 2. The molecule has 1 aromatic heterocycles. The maximum Gasteiger partial charge on any atom is 0.235 e. The molecule has 0 atom stereocenters. The molecular weight excluding hydrogens is 371 g/mol. The molecule has 1 saturated carbocycles. The Morgan fingerprint density at radius 3 is 2.59 bits per heavy atom. The molecule has 0 spiro atoms. The lowest BCUT2D eigenvalue weighted by molar-refractivity contribution is -0.122. The van der Waals surface area contributed by atoms with Crippen LogP contribution in [0, 0.1) is 12.7 Å². The summed E-state index contributed by atoms with van der Waals surface area (Å²) in [5.74, 6) is -0.00339. The molecule has 1 aliphatic carbocycles. The van der Waals surface area contributed by atoms with Gasteiger partial charge < -0.3 is 14.8 Å². The lowest BCUT2D eigenvalue weighted by atomic mass is 9.68. The van der Waals surface area contributed by atoms with Crippen LogP contribution in [0.2, 0.25) is 0 Å². The van der Waals surface area contributed by atoms with E-state index < -0.39 is 5.41 Å². The van der Waals surface area contributed by atoms with Crippen LogP contribution in [0.15, 0.2) is 36.4 Å². The van der Waals surface area contributed by atoms with Crippen molar-refractivity contribution >= 4 is 11.6 Å². The van der Waals surface area contributed by atoms with Crippen molar-refractivity contribution in [1.82, 2.24) is 4.98 Å². The van der Waals surface area contributed by atoms with Crippen molar-refractivity contribution in [2.75, 3.05) is 25.1 Å². The lowest BCUT2D eigenvalue weighted by Gasteiger charge is -2.36. The van der Waals surface area contributed by atoms with Crippen LogP contribution in [0.3, 0.4) is 0 Å². The fourth-order valence-electron chi connectivity index (χ4n) is 3.97. The smallest absolute Gasteiger partial charge is 0.235 e. The van der Waals surface area contributed by atoms with Crippen LogP contribution >= 0.6 is 0 Å². The number of nitrogens with zero attached hydrogens (tertiary/aromatic N) is 1. The van der Waals surface area contributed by atoms with Crippen molar-refractivity contribution in [3.63, 3.8) is 0 Å². The molecule has 1 amide bonds. The number of aryl methyl sites for hydroxylation is 1. The average Bonchev–Trinajstić information content (AvgIpc) is 2.74. The average molecular weight is 400 g/mol. The van der Waals surface area contributed by atoms with Gasteiger partial charge in [-0.05, 0) is 38.8 Å². The Morgan fingerprint density at radius 2 is 1.90 bits per heavy atom. The molecule has 156 valence electrons. The maximum absolute atomic E-state index is 14.6. The SMILES string of the molecule is CCOCCOc1ccc(NC(=O)C2(c3ccccc3F)CCCCC2)c(C)n1. The predicted octanol–water partition coefficient (Wildman–Crippen LogP) is 4.79. The molecule has 2 aromatic rings. The number of anilines is 1. The Hall–Kier alpha value is -2.47. The van der Waals surface area contributed by atoms with Crippen LogP contribution in [-0.2, 0) is 14.9 Å². The van der Waals surface area contributed by atoms with Crippen LogP contribution in [-0.4, -0.2) is 30.7 Å². The summed E-state index contributed by atoms with van der Waals surface area (Å²) < 4.78 is 25.4. The molecule has 29 heavy (non-hydrogen) atoms. The van der Waals surface area contributed by atoms with E-state index in [4.69, 9.17) is 9.47 Å². The summed E-state index contributed by atoms with van der Waals surface area (Å²) in [5, 5.41) is 3.00. The zero-order valence-electron chi connectivity index (χ0n) is 17.2. The second kappa shape index (κ2) is 9.83. The number of nitrogens with one attached hydrogen (secondary N) is 1. The molecule has 1 aromatic carbocycles. The predicted molar refractivity (Wildman–Crippen MR) is 111 cm³/mol. The standard InChI is InChI=1S/C23H29FN2O3/c1-3-28-15-16-29-21-12-11-20(17(2)25-21)26-22(27)23(13-7-4-8-14-23)18-9-5-6-10-19(18)24/h5-6,9-12H,3-4,7-8,13-16H2,1-2H3,(H,26,27). The number of benzene rings is 1. The van der Waals surface area contributed by atoms with E-state index in [1.54, 1.807) is 30.3 Å². The number of hydrogen-bond acceptors (Lipinski definition) is 4. The normalized spacial score (nSPS) is 15.7. The van der Waals surface area contributed by atoms with E-state index in [0.717, 1.165) is 19.3 Å². The summed E-state index contributed by atoms with van der Waals surface area (Å²) in [4.78, 5) is 17.8. The second-order valence-corrected chi connectivity index (χ2v) is 7.40. The van der Waals surface area contributed by atoms with Crippen LogP contribution in [0.5, 0.6) is 5.88 Å². The Labute approximate surface area is 171 Å². The molecule has 0 aliphatic heterocycles. The maximum atomic E-state index is 14.6. The van der Waals surface area contributed by atoms with Crippen molar-refractivity contribution in [3.05, 3.63) is 53.5 Å². The van der Waals surface area contributed by atoms with Gasteiger partial charge in [0.1, 0.15) is 12.4 Å². The highest BCUT2D eigenvalue weighted by Gasteiger charge is 2.43. The molecule has 1 N–H and O–H groups in total. The van der Waals surface area contributed by atoms with Gasteiger partial charge in [-0.2, -0.15) is 0 Å². The van der Waals surface area contributed by atoms with Crippen LogP contribution < -0.4 is 10.1 Å². The third kappa shape index (κ3) is 4.93. The van der Waals surface area contributed by atoms with E-state index in [2.05, 4.69) is 10.3 Å². The summed E-state index contributed by atoms with van der Waals surface area (Å²) in [6.45, 7) is 5.32. The first kappa shape index (κ1) is 21.2. The highest BCUT2D eigenvalue weighted by atomic mass is 19.1. The minimum atomic E-state index is -0.845. The van der Waals surface area contributed by atoms with E-state index in [0.29, 0.717) is 55.5 Å². The molecule has 5 nitrogen and oxygen atoms in total. The molecule has 3 rings (SSSR count). The molecule has 0 unspecified atom stereocenters. The number of hydrogen-bond donors (Lipinski definition) is 1. The van der Waals surface area contributed by atoms with Gasteiger partial charge in [-0.25, -0.2) is 9.37 Å². The van der Waals surface area contributed by atoms with Gasteiger partial charge in [0.05, 0.1) is 23.4 Å². The van der Waals surface area contributed by atoms with Crippen LogP contribution in [0.25, 0.3) is 0 Å². The number of rotatable bonds is 8. The molecular formula is C23H29FN2O3. The molecule has 0 saturated heterocycles. The van der Waals surface area contributed by atoms with Crippen molar-refractivity contribution < 1.29 is 18.7 Å². The van der Waals surface area contributed by atoms with Crippen molar-refractivity contribution in [2.45, 2.75) is 51.4 Å². The van der Waals surface area contributed by atoms with Gasteiger partial charge >= 0.3 is 0 Å². The first-order valence-electron chi connectivity index (χ1n) is 10.3. The van der Waals surface area contributed by atoms with Gasteiger partial charge in [-0.1, -0.05) is 37.5 Å². The molecule has 1 heterocycles. The van der Waals surface area contributed by atoms with Gasteiger partial charge in [0.25, 0.3) is 0 Å². The summed E-state index contributed by atoms with van der Waals surface area (Å²) >= 11 is 0. The van der Waals surface area contributed by atoms with Crippen LogP contribution in [0.1, 0.15) is 50.3 Å². The molecule has 1 aliphatic rings. The Balaban J connectivity index is 1.77. The number of carbonyl (C=O) groups excluding carboxylic acids is 1. The van der Waals surface area contributed by atoms with Gasteiger partial charge in [0.15, 0.2) is 0 Å². The van der Waals surface area contributed by atoms with E-state index in [-0.39, 0.29) is 11.7 Å². The zero-order chi connectivity index (χ0) is 20.7. The molecule has 0 radical (unpaired) electrons. The lowest BCUT2D eigenvalue weighted by Crippen LogP contribution is -2.42. The number of aromatic nitrogens is 1. The van der Waals surface area contributed by atoms with Crippen molar-refractivity contribution in [2.24, 2.45) is 0 Å². The quantitative estimate of drug-likeness (QED) is 0.648. The first-order chi connectivity index (χ1) is 14.1. The van der Waals surface area contributed by atoms with Gasteiger partial charge in [-0.15, -0.1) is 0 Å². The largest absolute Gasteiger partial charge is 0.475 e. The topological polar surface area (TPSA) is 60.5 Å². The fourth-order valence-corrected chi connectivity index (χ4v) is 3.97. The third-order valence-corrected chi connectivity index (χ3v) is 5.52. The summed E-state index contributed by atoms with van der Waals surface area (Å²) in [6, 6.07) is 10.1. The third-order valence-electron chi connectivity index (χ3n) is 5.52. The highest BCUT2D eigenvalue weighted by molar-refractivity contribution is 5.99. The van der Waals surface area contributed by atoms with Gasteiger partial charge in [0.2, 0.25) is 11.8 Å². The minimum absolute atomic E-state index is 0.169. The minimum Gasteiger partial charge on any atom is -0.475 e. The second-order valence-electron chi connectivity index (χ2n) is 7.40. The molecule has 1 fully saturated rings. The monoisotopic (exact) mass is 400 g/mol. The molecule has 0 bridgehead atoms. The van der Waals surface area contributed by atoms with Gasteiger partial charge in [0, 0.05) is 18.2 Å². The highest BCUT2D eigenvalue weighted by Crippen LogP contribution is 2.41. The zero-order valence-corrected chi connectivity index (χ0v) is 17.2. The van der Waals surface area contributed by atoms with E-state index in [1.807, 2.05) is 13.8 Å².